The van der Waals surface area contributed by atoms with Crippen molar-refractivity contribution < 1.29 is 23.8 Å². The number of amides is 2. The second-order valence-electron chi connectivity index (χ2n) is 10.2. The minimum atomic E-state index is -0.593. The molecule has 10 heteroatoms. The molecule has 0 spiro atoms. The van der Waals surface area contributed by atoms with Crippen molar-refractivity contribution in [3.8, 4) is 17.2 Å². The molecule has 0 saturated carbocycles. The van der Waals surface area contributed by atoms with Gasteiger partial charge < -0.3 is 24.4 Å². The van der Waals surface area contributed by atoms with Gasteiger partial charge in [-0.2, -0.15) is 5.10 Å². The highest BCUT2D eigenvalue weighted by atomic mass is 16.5. The summed E-state index contributed by atoms with van der Waals surface area (Å²) in [7, 11) is 3.22. The molecule has 41 heavy (non-hydrogen) atoms. The number of carbonyl (C=O) groups excluding carboxylic acids is 2. The topological polar surface area (TPSA) is 107 Å². The van der Waals surface area contributed by atoms with Gasteiger partial charge in [0.1, 0.15) is 29.9 Å². The Labute approximate surface area is 239 Å². The quantitative estimate of drug-likeness (QED) is 0.328. The predicted molar refractivity (Wildman–Crippen MR) is 153 cm³/mol. The number of nitrogens with one attached hydrogen (secondary N) is 1. The van der Waals surface area contributed by atoms with Crippen LogP contribution in [0.15, 0.2) is 54.6 Å². The highest BCUT2D eigenvalue weighted by Gasteiger charge is 2.33. The van der Waals surface area contributed by atoms with Crippen LogP contribution in [-0.4, -0.2) is 58.1 Å². The van der Waals surface area contributed by atoms with Crippen molar-refractivity contribution in [1.82, 2.24) is 24.8 Å². The van der Waals surface area contributed by atoms with E-state index in [1.54, 1.807) is 29.7 Å². The maximum atomic E-state index is 13.9. The summed E-state index contributed by atoms with van der Waals surface area (Å²) >= 11 is 0. The summed E-state index contributed by atoms with van der Waals surface area (Å²) < 4.78 is 18.3. The summed E-state index contributed by atoms with van der Waals surface area (Å²) in [4.78, 5) is 33.1. The fourth-order valence-corrected chi connectivity index (χ4v) is 5.09. The van der Waals surface area contributed by atoms with Crippen LogP contribution in [0.2, 0.25) is 0 Å². The van der Waals surface area contributed by atoms with Gasteiger partial charge in [-0.25, -0.2) is 9.50 Å². The minimum Gasteiger partial charge on any atom is -0.497 e. The van der Waals surface area contributed by atoms with E-state index in [1.807, 2.05) is 62.4 Å². The summed E-state index contributed by atoms with van der Waals surface area (Å²) in [5.74, 6) is 1.62. The average Bonchev–Trinajstić information content (AvgIpc) is 3.30. The number of carbonyl (C=O) groups is 2. The Morgan fingerprint density at radius 3 is 2.41 bits per heavy atom. The maximum Gasteiger partial charge on any atom is 0.275 e. The van der Waals surface area contributed by atoms with E-state index in [0.29, 0.717) is 42.5 Å². The third-order valence-electron chi connectivity index (χ3n) is 7.19. The molecule has 1 aliphatic heterocycles. The van der Waals surface area contributed by atoms with Crippen LogP contribution >= 0.6 is 0 Å². The van der Waals surface area contributed by atoms with Crippen molar-refractivity contribution in [3.05, 3.63) is 82.8 Å². The summed E-state index contributed by atoms with van der Waals surface area (Å²) in [5.41, 5.74) is 4.38. The number of aryl methyl sites for hydroxylation is 2. The molecule has 1 N–H and O–H groups in total. The van der Waals surface area contributed by atoms with Gasteiger partial charge in [-0.05, 0) is 74.6 Å². The van der Waals surface area contributed by atoms with E-state index >= 15 is 0 Å². The lowest BCUT2D eigenvalue weighted by molar-refractivity contribution is -0.125. The van der Waals surface area contributed by atoms with E-state index in [-0.39, 0.29) is 24.1 Å². The van der Waals surface area contributed by atoms with Gasteiger partial charge in [-0.1, -0.05) is 12.1 Å². The van der Waals surface area contributed by atoms with E-state index < -0.39 is 6.04 Å². The average molecular weight is 558 g/mol. The SMILES string of the molecule is COc1cc(COc2ccc(CN(C(=O)c3cc4nc(C)cc(C)n4n3)[C@H]3CCCCNC3=O)cc2)cc(OC)c1. The van der Waals surface area contributed by atoms with E-state index in [4.69, 9.17) is 14.2 Å². The molecule has 4 aromatic rings. The molecular formula is C31H35N5O5. The van der Waals surface area contributed by atoms with Crippen LogP contribution in [0.25, 0.3) is 5.65 Å². The van der Waals surface area contributed by atoms with Gasteiger partial charge in [0.25, 0.3) is 5.91 Å². The van der Waals surface area contributed by atoms with E-state index in [9.17, 15) is 9.59 Å². The van der Waals surface area contributed by atoms with Crippen LogP contribution < -0.4 is 19.5 Å². The van der Waals surface area contributed by atoms with Crippen molar-refractivity contribution in [2.45, 2.75) is 52.3 Å². The van der Waals surface area contributed by atoms with E-state index in [2.05, 4.69) is 15.4 Å². The van der Waals surface area contributed by atoms with Crippen molar-refractivity contribution in [2.75, 3.05) is 20.8 Å². The molecule has 1 fully saturated rings. The first-order valence-electron chi connectivity index (χ1n) is 13.7. The van der Waals surface area contributed by atoms with Crippen LogP contribution in [0, 0.1) is 13.8 Å². The number of aromatic nitrogens is 3. The largest absolute Gasteiger partial charge is 0.497 e. The number of ether oxygens (including phenoxy) is 3. The van der Waals surface area contributed by atoms with E-state index in [0.717, 1.165) is 35.4 Å². The smallest absolute Gasteiger partial charge is 0.275 e. The predicted octanol–water partition coefficient (Wildman–Crippen LogP) is 4.25. The maximum absolute atomic E-state index is 13.9. The van der Waals surface area contributed by atoms with E-state index in [1.165, 1.54) is 0 Å². The first-order chi connectivity index (χ1) is 19.8. The molecule has 0 unspecified atom stereocenters. The second kappa shape index (κ2) is 12.3. The molecule has 1 saturated heterocycles. The normalized spacial score (nSPS) is 15.2. The monoisotopic (exact) mass is 557 g/mol. The Balaban J connectivity index is 1.36. The molecule has 0 bridgehead atoms. The molecule has 10 nitrogen and oxygen atoms in total. The molecule has 2 aromatic carbocycles. The first-order valence-corrected chi connectivity index (χ1v) is 13.7. The lowest BCUT2D eigenvalue weighted by Crippen LogP contribution is -2.48. The Kier molecular flexibility index (Phi) is 8.37. The summed E-state index contributed by atoms with van der Waals surface area (Å²) in [6, 6.07) is 16.2. The standard InChI is InChI=1S/C31H35N5O5/c1-20-13-21(2)36-29(33-20)17-27(34-36)31(38)35(28-7-5-6-12-32-30(28)37)18-22-8-10-24(11-9-22)41-19-23-14-25(39-3)16-26(15-23)40-4/h8-11,13-17,28H,5-7,12,18-19H2,1-4H3,(H,32,37)/t28-/m0/s1. The Morgan fingerprint density at radius 2 is 1.71 bits per heavy atom. The third kappa shape index (κ3) is 6.42. The van der Waals surface area contributed by atoms with Crippen LogP contribution in [0.3, 0.4) is 0 Å². The Morgan fingerprint density at radius 1 is 0.976 bits per heavy atom. The van der Waals surface area contributed by atoms with Crippen molar-refractivity contribution in [1.29, 1.82) is 0 Å². The number of hydrogen-bond donors (Lipinski definition) is 1. The zero-order valence-corrected chi connectivity index (χ0v) is 23.8. The molecule has 214 valence electrons. The molecule has 3 heterocycles. The lowest BCUT2D eigenvalue weighted by atomic mass is 10.1. The lowest BCUT2D eigenvalue weighted by Gasteiger charge is -2.29. The molecule has 0 aliphatic carbocycles. The van der Waals surface area contributed by atoms with Gasteiger partial charge in [0.2, 0.25) is 5.91 Å². The fourth-order valence-electron chi connectivity index (χ4n) is 5.09. The van der Waals surface area contributed by atoms with Crippen molar-refractivity contribution in [2.24, 2.45) is 0 Å². The summed E-state index contributed by atoms with van der Waals surface area (Å²) in [6.07, 6.45) is 2.32. The van der Waals surface area contributed by atoms with Gasteiger partial charge >= 0.3 is 0 Å². The number of rotatable bonds is 9. The van der Waals surface area contributed by atoms with Gasteiger partial charge in [-0.15, -0.1) is 0 Å². The van der Waals surface area contributed by atoms with Crippen LogP contribution in [-0.2, 0) is 17.9 Å². The van der Waals surface area contributed by atoms with Gasteiger partial charge in [0.05, 0.1) is 14.2 Å². The highest BCUT2D eigenvalue weighted by molar-refractivity contribution is 5.97. The molecule has 2 amide bonds. The molecule has 1 aliphatic rings. The Bertz CT molecular complexity index is 1530. The number of benzene rings is 2. The number of hydrogen-bond acceptors (Lipinski definition) is 7. The minimum absolute atomic E-state index is 0.140. The van der Waals surface area contributed by atoms with Crippen molar-refractivity contribution >= 4 is 17.5 Å². The fraction of sp³-hybridized carbons (Fsp3) is 0.355. The van der Waals surface area contributed by atoms with Gasteiger partial charge in [-0.3, -0.25) is 9.59 Å². The third-order valence-corrected chi connectivity index (χ3v) is 7.19. The first kappa shape index (κ1) is 27.9. The molecule has 1 atom stereocenters. The molecular weight excluding hydrogens is 522 g/mol. The molecule has 2 aromatic heterocycles. The van der Waals surface area contributed by atoms with Crippen LogP contribution in [0.1, 0.15) is 52.3 Å². The number of fused-ring (bicyclic) bond motifs is 1. The molecule has 5 rings (SSSR count). The second-order valence-corrected chi connectivity index (χ2v) is 10.2. The van der Waals surface area contributed by atoms with Gasteiger partial charge in [0, 0.05) is 36.6 Å². The van der Waals surface area contributed by atoms with Gasteiger partial charge in [0.15, 0.2) is 11.3 Å². The highest BCUT2D eigenvalue weighted by Crippen LogP contribution is 2.25. The van der Waals surface area contributed by atoms with Crippen LogP contribution in [0.4, 0.5) is 0 Å². The summed E-state index contributed by atoms with van der Waals surface area (Å²) in [5, 5.41) is 7.50. The molecule has 0 radical (unpaired) electrons. The zero-order valence-electron chi connectivity index (χ0n) is 23.8. The number of methoxy groups -OCH3 is 2. The zero-order chi connectivity index (χ0) is 28.9. The number of nitrogens with zero attached hydrogens (tertiary/aromatic N) is 4. The summed E-state index contributed by atoms with van der Waals surface area (Å²) in [6.45, 7) is 5.03. The van der Waals surface area contributed by atoms with Crippen LogP contribution in [0.5, 0.6) is 17.2 Å². The van der Waals surface area contributed by atoms with Crippen molar-refractivity contribution in [3.63, 3.8) is 0 Å². The Hall–Kier alpha value is -4.60.